The molecule has 0 atom stereocenters. The highest BCUT2D eigenvalue weighted by Gasteiger charge is 2.17. The molecule has 2 N–H and O–H groups in total. The number of sulfonamides is 1. The number of rotatable bonds is 2. The molecule has 0 aliphatic heterocycles. The third-order valence-electron chi connectivity index (χ3n) is 1.40. The topological polar surface area (TPSA) is 73.1 Å². The zero-order valence-electron chi connectivity index (χ0n) is 6.62. The van der Waals surface area contributed by atoms with Crippen molar-refractivity contribution in [1.82, 2.24) is 4.98 Å². The van der Waals surface area contributed by atoms with Crippen molar-refractivity contribution in [3.63, 3.8) is 0 Å². The third kappa shape index (κ3) is 2.46. The Morgan fingerprint density at radius 3 is 2.50 bits per heavy atom. The molecule has 0 aliphatic carbocycles. The van der Waals surface area contributed by atoms with Crippen molar-refractivity contribution in [2.24, 2.45) is 5.14 Å². The maximum absolute atomic E-state index is 12.3. The Bertz CT molecular complexity index is 449. The fourth-order valence-electron chi connectivity index (χ4n) is 0.754. The monoisotopic (exact) mass is 286 g/mol. The average Bonchev–Trinajstić information content (AvgIpc) is 2.02. The van der Waals surface area contributed by atoms with Gasteiger partial charge in [-0.2, -0.15) is 0 Å². The maximum Gasteiger partial charge on any atom is 0.266 e. The smallest absolute Gasteiger partial charge is 0.247 e. The van der Waals surface area contributed by atoms with Crippen molar-refractivity contribution < 1.29 is 17.2 Å². The van der Waals surface area contributed by atoms with Gasteiger partial charge in [-0.1, -0.05) is 0 Å². The molecule has 0 bridgehead atoms. The average molecular weight is 287 g/mol. The Kier molecular flexibility index (Phi) is 3.17. The van der Waals surface area contributed by atoms with Crippen LogP contribution >= 0.6 is 15.9 Å². The molecule has 0 fully saturated rings. The summed E-state index contributed by atoms with van der Waals surface area (Å²) in [5.41, 5.74) is -0.503. The zero-order chi connectivity index (χ0) is 10.9. The van der Waals surface area contributed by atoms with Gasteiger partial charge in [0.15, 0.2) is 0 Å². The summed E-state index contributed by atoms with van der Waals surface area (Å²) >= 11 is 2.77. The van der Waals surface area contributed by atoms with E-state index < -0.39 is 26.9 Å². The summed E-state index contributed by atoms with van der Waals surface area (Å²) in [6, 6.07) is 0.789. The fraction of sp³-hybridized carbons (Fsp3) is 0.167. The van der Waals surface area contributed by atoms with Gasteiger partial charge in [0, 0.05) is 6.20 Å². The van der Waals surface area contributed by atoms with Gasteiger partial charge in [-0.05, 0) is 22.0 Å². The van der Waals surface area contributed by atoms with Crippen LogP contribution in [0.3, 0.4) is 0 Å². The molecule has 0 aromatic carbocycles. The normalized spacial score (nSPS) is 12.1. The van der Waals surface area contributed by atoms with Crippen molar-refractivity contribution in [3.05, 3.63) is 22.4 Å². The van der Waals surface area contributed by atoms with Crippen LogP contribution in [0, 0.1) is 0 Å². The third-order valence-corrected chi connectivity index (χ3v) is 2.95. The molecule has 8 heteroatoms. The quantitative estimate of drug-likeness (QED) is 0.836. The van der Waals surface area contributed by atoms with Gasteiger partial charge >= 0.3 is 0 Å². The van der Waals surface area contributed by atoms with E-state index in [1.165, 1.54) is 0 Å². The van der Waals surface area contributed by atoms with E-state index in [2.05, 4.69) is 20.9 Å². The summed E-state index contributed by atoms with van der Waals surface area (Å²) in [7, 11) is -3.99. The summed E-state index contributed by atoms with van der Waals surface area (Å²) in [5, 5.41) is 4.75. The molecule has 0 aliphatic rings. The second kappa shape index (κ2) is 3.87. The lowest BCUT2D eigenvalue weighted by molar-refractivity contribution is 0.149. The van der Waals surface area contributed by atoms with Crippen LogP contribution in [0.1, 0.15) is 12.0 Å². The zero-order valence-corrected chi connectivity index (χ0v) is 9.02. The summed E-state index contributed by atoms with van der Waals surface area (Å²) in [4.78, 5) is 3.01. The van der Waals surface area contributed by atoms with Gasteiger partial charge < -0.3 is 0 Å². The molecule has 0 spiro atoms. The highest BCUT2D eigenvalue weighted by atomic mass is 79.9. The fourth-order valence-corrected chi connectivity index (χ4v) is 1.63. The minimum atomic E-state index is -3.99. The lowest BCUT2D eigenvalue weighted by Crippen LogP contribution is -2.13. The summed E-state index contributed by atoms with van der Waals surface area (Å²) in [6.45, 7) is 0. The molecule has 1 aromatic heterocycles. The Balaban J connectivity index is 3.34. The van der Waals surface area contributed by atoms with Crippen LogP contribution in [-0.4, -0.2) is 13.4 Å². The van der Waals surface area contributed by atoms with Crippen molar-refractivity contribution >= 4 is 26.0 Å². The first kappa shape index (κ1) is 11.5. The second-order valence-corrected chi connectivity index (χ2v) is 4.71. The molecule has 0 saturated carbocycles. The van der Waals surface area contributed by atoms with Gasteiger partial charge in [0.25, 0.3) is 6.43 Å². The maximum atomic E-state index is 12.3. The van der Waals surface area contributed by atoms with E-state index in [9.17, 15) is 17.2 Å². The largest absolute Gasteiger partial charge is 0.266 e. The predicted molar refractivity (Wildman–Crippen MR) is 48.3 cm³/mol. The van der Waals surface area contributed by atoms with E-state index in [1.54, 1.807) is 0 Å². The van der Waals surface area contributed by atoms with Gasteiger partial charge in [-0.15, -0.1) is 0 Å². The van der Waals surface area contributed by atoms with Gasteiger partial charge in [-0.25, -0.2) is 27.3 Å². The van der Waals surface area contributed by atoms with Crippen molar-refractivity contribution in [2.45, 2.75) is 11.3 Å². The minimum Gasteiger partial charge on any atom is -0.247 e. The van der Waals surface area contributed by atoms with Gasteiger partial charge in [0.1, 0.15) is 9.50 Å². The van der Waals surface area contributed by atoms with Crippen LogP contribution in [0.5, 0.6) is 0 Å². The molecule has 1 rings (SSSR count). The predicted octanol–water partition coefficient (Wildman–Crippen LogP) is 1.43. The molecule has 0 radical (unpaired) electrons. The number of halogens is 3. The number of alkyl halides is 2. The van der Waals surface area contributed by atoms with Crippen LogP contribution in [0.2, 0.25) is 0 Å². The van der Waals surface area contributed by atoms with E-state index in [-0.39, 0.29) is 4.60 Å². The standard InChI is InChI=1S/C6H5BrF2N2O2S/c7-5-4(6(8)9)1-3(2-11-5)14(10,12)13/h1-2,6H,(H2,10,12,13). The van der Waals surface area contributed by atoms with E-state index in [4.69, 9.17) is 5.14 Å². The van der Waals surface area contributed by atoms with E-state index >= 15 is 0 Å². The Morgan fingerprint density at radius 1 is 1.50 bits per heavy atom. The molecular formula is C6H5BrF2N2O2S. The number of pyridine rings is 1. The number of hydrogen-bond donors (Lipinski definition) is 1. The molecule has 1 aromatic rings. The van der Waals surface area contributed by atoms with E-state index in [1.807, 2.05) is 0 Å². The number of aromatic nitrogens is 1. The Labute approximate surface area is 87.3 Å². The lowest BCUT2D eigenvalue weighted by atomic mass is 10.3. The van der Waals surface area contributed by atoms with Crippen molar-refractivity contribution in [3.8, 4) is 0 Å². The molecule has 1 heterocycles. The first-order chi connectivity index (χ1) is 6.32. The summed E-state index contributed by atoms with van der Waals surface area (Å²) in [6.07, 6.45) is -1.90. The Hall–Kier alpha value is -0.600. The first-order valence-electron chi connectivity index (χ1n) is 3.29. The van der Waals surface area contributed by atoms with E-state index in [0.717, 1.165) is 12.3 Å². The highest BCUT2D eigenvalue weighted by Crippen LogP contribution is 2.27. The lowest BCUT2D eigenvalue weighted by Gasteiger charge is -2.04. The SMILES string of the molecule is NS(=O)(=O)c1cnc(Br)c(C(F)F)c1. The first-order valence-corrected chi connectivity index (χ1v) is 5.62. The van der Waals surface area contributed by atoms with Gasteiger partial charge in [0.05, 0.1) is 5.56 Å². The molecular weight excluding hydrogens is 282 g/mol. The van der Waals surface area contributed by atoms with Crippen LogP contribution < -0.4 is 5.14 Å². The Morgan fingerprint density at radius 2 is 2.07 bits per heavy atom. The number of primary sulfonamides is 1. The minimum absolute atomic E-state index is 0.0973. The summed E-state index contributed by atoms with van der Waals surface area (Å²) in [5.74, 6) is 0. The van der Waals surface area contributed by atoms with Crippen molar-refractivity contribution in [1.29, 1.82) is 0 Å². The summed E-state index contributed by atoms with van der Waals surface area (Å²) < 4.78 is 46.1. The number of hydrogen-bond acceptors (Lipinski definition) is 3. The second-order valence-electron chi connectivity index (χ2n) is 2.40. The van der Waals surface area contributed by atoms with Gasteiger partial charge in [0.2, 0.25) is 10.0 Å². The van der Waals surface area contributed by atoms with Crippen LogP contribution in [0.4, 0.5) is 8.78 Å². The number of nitrogens with zero attached hydrogens (tertiary/aromatic N) is 1. The van der Waals surface area contributed by atoms with Crippen LogP contribution in [-0.2, 0) is 10.0 Å². The molecule has 14 heavy (non-hydrogen) atoms. The molecule has 0 saturated heterocycles. The van der Waals surface area contributed by atoms with Crippen LogP contribution in [0.25, 0.3) is 0 Å². The molecule has 78 valence electrons. The molecule has 0 amide bonds. The van der Waals surface area contributed by atoms with Crippen LogP contribution in [0.15, 0.2) is 21.8 Å². The van der Waals surface area contributed by atoms with Gasteiger partial charge in [-0.3, -0.25) is 0 Å². The van der Waals surface area contributed by atoms with E-state index in [0.29, 0.717) is 0 Å². The molecule has 0 unspecified atom stereocenters. The number of nitrogens with two attached hydrogens (primary N) is 1. The highest BCUT2D eigenvalue weighted by molar-refractivity contribution is 9.10. The van der Waals surface area contributed by atoms with Crippen molar-refractivity contribution in [2.75, 3.05) is 0 Å². The molecule has 4 nitrogen and oxygen atoms in total.